The molecule has 8 heteroatoms. The van der Waals surface area contributed by atoms with Gasteiger partial charge in [0.1, 0.15) is 0 Å². The van der Waals surface area contributed by atoms with Gasteiger partial charge >= 0.3 is 6.03 Å². The molecule has 2 amide bonds. The standard InChI is InChI=1S/C23H23Cl2N3O3/c1-30-21-8-6-16(13-22(21)31-2)9-11-28(15-17-5-7-19(24)20(25)12-17)23(29)27-18-4-3-10-26-14-18/h3-8,10,12-14H,9,11,15H2,1-2H3,(H,27,29). The minimum Gasteiger partial charge on any atom is -0.493 e. The molecule has 31 heavy (non-hydrogen) atoms. The van der Waals surface area contributed by atoms with E-state index < -0.39 is 0 Å². The van der Waals surface area contributed by atoms with E-state index in [1.165, 1.54) is 0 Å². The molecule has 0 aliphatic rings. The first kappa shape index (κ1) is 22.7. The minimum absolute atomic E-state index is 0.237. The number of hydrogen-bond donors (Lipinski definition) is 1. The van der Waals surface area contributed by atoms with Gasteiger partial charge in [0.25, 0.3) is 0 Å². The molecule has 0 bridgehead atoms. The zero-order valence-corrected chi connectivity index (χ0v) is 18.8. The average Bonchev–Trinajstić information content (AvgIpc) is 2.79. The molecule has 0 atom stereocenters. The SMILES string of the molecule is COc1ccc(CCN(Cc2ccc(Cl)c(Cl)c2)C(=O)Nc2cccnc2)cc1OC. The summed E-state index contributed by atoms with van der Waals surface area (Å²) in [7, 11) is 3.19. The van der Waals surface area contributed by atoms with Gasteiger partial charge in [-0.25, -0.2) is 4.79 Å². The molecular weight excluding hydrogens is 437 g/mol. The lowest BCUT2D eigenvalue weighted by Crippen LogP contribution is -2.36. The van der Waals surface area contributed by atoms with Crippen LogP contribution in [0, 0.1) is 0 Å². The Kier molecular flexibility index (Phi) is 7.98. The lowest BCUT2D eigenvalue weighted by atomic mass is 10.1. The molecule has 0 fully saturated rings. The second kappa shape index (κ2) is 10.9. The molecule has 0 saturated carbocycles. The van der Waals surface area contributed by atoms with E-state index in [0.29, 0.717) is 46.7 Å². The predicted octanol–water partition coefficient (Wildman–Crippen LogP) is 5.68. The van der Waals surface area contributed by atoms with E-state index in [2.05, 4.69) is 10.3 Å². The van der Waals surface area contributed by atoms with Crippen LogP contribution in [0.3, 0.4) is 0 Å². The average molecular weight is 460 g/mol. The molecule has 0 aliphatic heterocycles. The van der Waals surface area contributed by atoms with Crippen molar-refractivity contribution in [3.05, 3.63) is 82.1 Å². The molecule has 0 radical (unpaired) electrons. The summed E-state index contributed by atoms with van der Waals surface area (Å²) in [5.74, 6) is 1.31. The van der Waals surface area contributed by atoms with E-state index in [1.54, 1.807) is 55.8 Å². The number of nitrogens with zero attached hydrogens (tertiary/aromatic N) is 2. The van der Waals surface area contributed by atoms with Crippen LogP contribution in [0.2, 0.25) is 10.0 Å². The van der Waals surface area contributed by atoms with Crippen molar-refractivity contribution < 1.29 is 14.3 Å². The first-order chi connectivity index (χ1) is 15.0. The summed E-state index contributed by atoms with van der Waals surface area (Å²) in [6.45, 7) is 0.845. The van der Waals surface area contributed by atoms with Crippen LogP contribution in [0.4, 0.5) is 10.5 Å². The summed E-state index contributed by atoms with van der Waals surface area (Å²) in [5.41, 5.74) is 2.52. The quantitative estimate of drug-likeness (QED) is 0.470. The van der Waals surface area contributed by atoms with Gasteiger partial charge in [-0.3, -0.25) is 4.98 Å². The summed E-state index contributed by atoms with van der Waals surface area (Å²) in [4.78, 5) is 18.7. The van der Waals surface area contributed by atoms with E-state index in [9.17, 15) is 4.79 Å². The number of aromatic nitrogens is 1. The maximum atomic E-state index is 13.0. The zero-order valence-electron chi connectivity index (χ0n) is 17.3. The Balaban J connectivity index is 1.77. The summed E-state index contributed by atoms with van der Waals surface area (Å²) >= 11 is 12.2. The number of hydrogen-bond acceptors (Lipinski definition) is 4. The van der Waals surface area contributed by atoms with E-state index in [1.807, 2.05) is 24.3 Å². The highest BCUT2D eigenvalue weighted by molar-refractivity contribution is 6.42. The van der Waals surface area contributed by atoms with Gasteiger partial charge in [0.2, 0.25) is 0 Å². The molecule has 0 saturated heterocycles. The first-order valence-corrected chi connectivity index (χ1v) is 10.4. The third-order valence-electron chi connectivity index (χ3n) is 4.68. The summed E-state index contributed by atoms with van der Waals surface area (Å²) < 4.78 is 10.7. The van der Waals surface area contributed by atoms with Crippen molar-refractivity contribution in [1.82, 2.24) is 9.88 Å². The van der Waals surface area contributed by atoms with Crippen molar-refractivity contribution >= 4 is 34.9 Å². The molecule has 0 unspecified atom stereocenters. The molecule has 0 aliphatic carbocycles. The maximum absolute atomic E-state index is 13.0. The van der Waals surface area contributed by atoms with Gasteiger partial charge in [-0.05, 0) is 53.9 Å². The number of urea groups is 1. The summed E-state index contributed by atoms with van der Waals surface area (Å²) in [6.07, 6.45) is 3.88. The van der Waals surface area contributed by atoms with Gasteiger partial charge in [0.05, 0.1) is 36.1 Å². The van der Waals surface area contributed by atoms with Crippen LogP contribution in [0.15, 0.2) is 60.9 Å². The molecular formula is C23H23Cl2N3O3. The number of ether oxygens (including phenoxy) is 2. The number of carbonyl (C=O) groups excluding carboxylic acids is 1. The Bertz CT molecular complexity index is 1030. The number of nitrogens with one attached hydrogen (secondary N) is 1. The van der Waals surface area contributed by atoms with E-state index in [-0.39, 0.29) is 6.03 Å². The highest BCUT2D eigenvalue weighted by Crippen LogP contribution is 2.28. The van der Waals surface area contributed by atoms with Crippen LogP contribution in [0.25, 0.3) is 0 Å². The van der Waals surface area contributed by atoms with E-state index in [0.717, 1.165) is 11.1 Å². The van der Waals surface area contributed by atoms with E-state index in [4.69, 9.17) is 32.7 Å². The van der Waals surface area contributed by atoms with Crippen molar-refractivity contribution in [2.75, 3.05) is 26.1 Å². The number of amides is 2. The van der Waals surface area contributed by atoms with E-state index >= 15 is 0 Å². The second-order valence-corrected chi connectivity index (χ2v) is 7.60. The fraction of sp³-hybridized carbons (Fsp3) is 0.217. The highest BCUT2D eigenvalue weighted by Gasteiger charge is 2.16. The number of anilines is 1. The van der Waals surface area contributed by atoms with Crippen LogP contribution in [-0.4, -0.2) is 36.7 Å². The van der Waals surface area contributed by atoms with Crippen LogP contribution in [-0.2, 0) is 13.0 Å². The van der Waals surface area contributed by atoms with Crippen molar-refractivity contribution in [3.8, 4) is 11.5 Å². The van der Waals surface area contributed by atoms with Gasteiger partial charge in [0, 0.05) is 19.3 Å². The molecule has 1 N–H and O–H groups in total. The van der Waals surface area contributed by atoms with Crippen LogP contribution in [0.5, 0.6) is 11.5 Å². The summed E-state index contributed by atoms with van der Waals surface area (Å²) in [6, 6.07) is 14.4. The molecule has 1 heterocycles. The number of carbonyl (C=O) groups is 1. The van der Waals surface area contributed by atoms with Crippen LogP contribution in [0.1, 0.15) is 11.1 Å². The maximum Gasteiger partial charge on any atom is 0.322 e. The Morgan fingerprint density at radius 3 is 2.45 bits per heavy atom. The Morgan fingerprint density at radius 2 is 1.77 bits per heavy atom. The zero-order chi connectivity index (χ0) is 22.2. The first-order valence-electron chi connectivity index (χ1n) is 9.61. The fourth-order valence-corrected chi connectivity index (χ4v) is 3.37. The molecule has 0 spiro atoms. The largest absolute Gasteiger partial charge is 0.493 e. The van der Waals surface area contributed by atoms with Gasteiger partial charge in [-0.2, -0.15) is 0 Å². The number of rotatable bonds is 8. The van der Waals surface area contributed by atoms with Crippen molar-refractivity contribution in [1.29, 1.82) is 0 Å². The molecule has 2 aromatic carbocycles. The van der Waals surface area contributed by atoms with Gasteiger partial charge < -0.3 is 19.7 Å². The van der Waals surface area contributed by atoms with Crippen molar-refractivity contribution in [2.45, 2.75) is 13.0 Å². The number of halogens is 2. The Morgan fingerprint density at radius 1 is 1.00 bits per heavy atom. The lowest BCUT2D eigenvalue weighted by molar-refractivity contribution is 0.210. The topological polar surface area (TPSA) is 63.7 Å². The van der Waals surface area contributed by atoms with Crippen LogP contribution < -0.4 is 14.8 Å². The molecule has 6 nitrogen and oxygen atoms in total. The predicted molar refractivity (Wildman–Crippen MR) is 123 cm³/mol. The minimum atomic E-state index is -0.237. The number of benzene rings is 2. The third-order valence-corrected chi connectivity index (χ3v) is 5.41. The Labute approximate surface area is 191 Å². The van der Waals surface area contributed by atoms with Gasteiger partial charge in [0.15, 0.2) is 11.5 Å². The monoisotopic (exact) mass is 459 g/mol. The third kappa shape index (κ3) is 6.26. The molecule has 3 rings (SSSR count). The molecule has 162 valence electrons. The summed E-state index contributed by atoms with van der Waals surface area (Å²) in [5, 5.41) is 3.81. The normalized spacial score (nSPS) is 10.5. The molecule has 3 aromatic rings. The highest BCUT2D eigenvalue weighted by atomic mass is 35.5. The van der Waals surface area contributed by atoms with Gasteiger partial charge in [-0.1, -0.05) is 35.3 Å². The second-order valence-electron chi connectivity index (χ2n) is 6.78. The van der Waals surface area contributed by atoms with Crippen molar-refractivity contribution in [2.24, 2.45) is 0 Å². The van der Waals surface area contributed by atoms with Crippen LogP contribution >= 0.6 is 23.2 Å². The fourth-order valence-electron chi connectivity index (χ4n) is 3.05. The Hall–Kier alpha value is -2.96. The smallest absolute Gasteiger partial charge is 0.322 e. The molecule has 1 aromatic heterocycles. The number of pyridine rings is 1. The van der Waals surface area contributed by atoms with Gasteiger partial charge in [-0.15, -0.1) is 0 Å². The van der Waals surface area contributed by atoms with Crippen molar-refractivity contribution in [3.63, 3.8) is 0 Å². The lowest BCUT2D eigenvalue weighted by Gasteiger charge is -2.24. The number of methoxy groups -OCH3 is 2.